The van der Waals surface area contributed by atoms with Crippen LogP contribution in [0, 0.1) is 0 Å². The molecule has 3 N–H and O–H groups in total. The smallest absolute Gasteiger partial charge is 0.185 e. The van der Waals surface area contributed by atoms with Gasteiger partial charge >= 0.3 is 0 Å². The van der Waals surface area contributed by atoms with E-state index in [2.05, 4.69) is 0 Å². The van der Waals surface area contributed by atoms with E-state index in [1.54, 1.807) is 6.07 Å². The van der Waals surface area contributed by atoms with Gasteiger partial charge in [-0.3, -0.25) is 4.79 Å². The average Bonchev–Trinajstić information content (AvgIpc) is 2.34. The van der Waals surface area contributed by atoms with Crippen molar-refractivity contribution in [2.75, 3.05) is 12.9 Å². The van der Waals surface area contributed by atoms with Crippen LogP contribution in [0.2, 0.25) is 0 Å². The number of rotatable bonds is 5. The van der Waals surface area contributed by atoms with Crippen LogP contribution in [0.15, 0.2) is 18.2 Å². The minimum atomic E-state index is -1.25. The van der Waals surface area contributed by atoms with Crippen LogP contribution in [0.1, 0.15) is 18.6 Å². The first-order valence-corrected chi connectivity index (χ1v) is 6.30. The molecule has 1 rings (SSSR count). The van der Waals surface area contributed by atoms with Gasteiger partial charge in [0.2, 0.25) is 0 Å². The molecule has 0 spiro atoms. The first kappa shape index (κ1) is 14.8. The highest BCUT2D eigenvalue weighted by Gasteiger charge is 2.22. The second-order valence-corrected chi connectivity index (χ2v) is 4.94. The van der Waals surface area contributed by atoms with Gasteiger partial charge < -0.3 is 20.1 Å². The second-order valence-electron chi connectivity index (χ2n) is 3.74. The summed E-state index contributed by atoms with van der Waals surface area (Å²) in [5, 5.41) is 29.1. The monoisotopic (exact) mass is 272 g/mol. The van der Waals surface area contributed by atoms with Gasteiger partial charge in [-0.05, 0) is 12.1 Å². The molecular weight excluding hydrogens is 256 g/mol. The van der Waals surface area contributed by atoms with Crippen LogP contribution in [0.25, 0.3) is 0 Å². The number of hydrogen-bond acceptors (Lipinski definition) is 6. The van der Waals surface area contributed by atoms with Gasteiger partial charge in [-0.1, -0.05) is 11.8 Å². The first-order chi connectivity index (χ1) is 8.45. The predicted octanol–water partition coefficient (Wildman–Crippen LogP) is 1.07. The van der Waals surface area contributed by atoms with Crippen LogP contribution in [0.4, 0.5) is 0 Å². The molecule has 100 valence electrons. The number of ether oxygens (including phenoxy) is 1. The Labute approximate surface area is 109 Å². The van der Waals surface area contributed by atoms with E-state index in [0.29, 0.717) is 5.75 Å². The number of phenols is 1. The van der Waals surface area contributed by atoms with Gasteiger partial charge in [0, 0.05) is 24.3 Å². The summed E-state index contributed by atoms with van der Waals surface area (Å²) in [7, 11) is 1.46. The number of aliphatic hydroxyl groups excluding tert-OH is 2. The van der Waals surface area contributed by atoms with Crippen LogP contribution >= 0.6 is 11.8 Å². The summed E-state index contributed by atoms with van der Waals surface area (Å²) < 4.78 is 4.92. The molecule has 0 aliphatic rings. The van der Waals surface area contributed by atoms with Crippen LogP contribution in [0.5, 0.6) is 11.5 Å². The molecule has 0 heterocycles. The van der Waals surface area contributed by atoms with Crippen molar-refractivity contribution in [3.8, 4) is 11.5 Å². The van der Waals surface area contributed by atoms with E-state index in [1.807, 2.05) is 0 Å². The Morgan fingerprint density at radius 1 is 1.44 bits per heavy atom. The van der Waals surface area contributed by atoms with Crippen LogP contribution < -0.4 is 4.74 Å². The Balaban J connectivity index is 2.76. The zero-order chi connectivity index (χ0) is 13.7. The quantitative estimate of drug-likeness (QED) is 0.743. The summed E-state index contributed by atoms with van der Waals surface area (Å²) in [4.78, 5) is 10.8. The highest BCUT2D eigenvalue weighted by atomic mass is 32.2. The van der Waals surface area contributed by atoms with E-state index in [9.17, 15) is 20.1 Å². The zero-order valence-electron chi connectivity index (χ0n) is 10.2. The highest BCUT2D eigenvalue weighted by molar-refractivity contribution is 8.13. The first-order valence-electron chi connectivity index (χ1n) is 5.32. The minimum absolute atomic E-state index is 0.0714. The van der Waals surface area contributed by atoms with E-state index < -0.39 is 12.2 Å². The molecule has 0 fully saturated rings. The number of carbonyl (C=O) groups is 1. The van der Waals surface area contributed by atoms with Gasteiger partial charge in [0.05, 0.1) is 13.2 Å². The summed E-state index contributed by atoms with van der Waals surface area (Å²) in [6.07, 6.45) is -2.37. The SMILES string of the molecule is COc1ccc(C(O)C(O)CSC(C)=O)c(O)c1. The van der Waals surface area contributed by atoms with Gasteiger partial charge in [0.1, 0.15) is 17.6 Å². The summed E-state index contributed by atoms with van der Waals surface area (Å²) in [6, 6.07) is 4.40. The molecule has 0 amide bonds. The maximum Gasteiger partial charge on any atom is 0.185 e. The molecule has 2 atom stereocenters. The number of thioether (sulfide) groups is 1. The molecule has 0 bridgehead atoms. The number of methoxy groups -OCH3 is 1. The average molecular weight is 272 g/mol. The van der Waals surface area contributed by atoms with E-state index in [4.69, 9.17) is 4.74 Å². The summed E-state index contributed by atoms with van der Waals surface area (Å²) >= 11 is 0.921. The Morgan fingerprint density at radius 3 is 2.61 bits per heavy atom. The normalized spacial score (nSPS) is 14.0. The lowest BCUT2D eigenvalue weighted by atomic mass is 10.0. The van der Waals surface area contributed by atoms with Crippen molar-refractivity contribution >= 4 is 16.9 Å². The highest BCUT2D eigenvalue weighted by Crippen LogP contribution is 2.30. The van der Waals surface area contributed by atoms with Crippen molar-refractivity contribution < 1.29 is 24.9 Å². The predicted molar refractivity (Wildman–Crippen MR) is 68.8 cm³/mol. The Hall–Kier alpha value is -1.24. The van der Waals surface area contributed by atoms with Gasteiger partial charge in [0.25, 0.3) is 0 Å². The summed E-state index contributed by atoms with van der Waals surface area (Å²) in [5.74, 6) is 0.367. The third-order valence-corrected chi connectivity index (χ3v) is 3.29. The largest absolute Gasteiger partial charge is 0.507 e. The molecule has 0 aliphatic carbocycles. The minimum Gasteiger partial charge on any atom is -0.507 e. The Morgan fingerprint density at radius 2 is 2.11 bits per heavy atom. The molecule has 1 aromatic rings. The van der Waals surface area contributed by atoms with Crippen molar-refractivity contribution in [1.29, 1.82) is 0 Å². The zero-order valence-corrected chi connectivity index (χ0v) is 11.0. The van der Waals surface area contributed by atoms with Crippen molar-refractivity contribution in [3.05, 3.63) is 23.8 Å². The molecule has 0 radical (unpaired) electrons. The number of carbonyl (C=O) groups excluding carboxylic acids is 1. The molecule has 1 aromatic carbocycles. The number of phenolic OH excluding ortho intramolecular Hbond substituents is 1. The molecule has 6 heteroatoms. The van der Waals surface area contributed by atoms with E-state index in [0.717, 1.165) is 11.8 Å². The Kier molecular flexibility index (Phi) is 5.46. The summed E-state index contributed by atoms with van der Waals surface area (Å²) in [5.41, 5.74) is 0.201. The van der Waals surface area contributed by atoms with Crippen molar-refractivity contribution in [1.82, 2.24) is 0 Å². The number of aromatic hydroxyl groups is 1. The lowest BCUT2D eigenvalue weighted by molar-refractivity contribution is -0.109. The third kappa shape index (κ3) is 3.90. The number of hydrogen-bond donors (Lipinski definition) is 3. The van der Waals surface area contributed by atoms with Crippen LogP contribution in [-0.2, 0) is 4.79 Å². The molecular formula is C12H16O5S. The van der Waals surface area contributed by atoms with E-state index >= 15 is 0 Å². The third-order valence-electron chi connectivity index (χ3n) is 2.38. The molecule has 2 unspecified atom stereocenters. The van der Waals surface area contributed by atoms with Crippen molar-refractivity contribution in [2.45, 2.75) is 19.1 Å². The maximum absolute atomic E-state index is 10.8. The lowest BCUT2D eigenvalue weighted by Gasteiger charge is -2.18. The maximum atomic E-state index is 10.8. The van der Waals surface area contributed by atoms with Gasteiger partial charge in [-0.25, -0.2) is 0 Å². The standard InChI is InChI=1S/C12H16O5S/c1-7(13)18-6-11(15)12(16)9-4-3-8(17-2)5-10(9)14/h3-5,11-12,14-16H,6H2,1-2H3. The number of aliphatic hydroxyl groups is 2. The molecule has 5 nitrogen and oxygen atoms in total. The molecule has 0 saturated heterocycles. The fourth-order valence-electron chi connectivity index (χ4n) is 1.40. The van der Waals surface area contributed by atoms with Gasteiger partial charge in [-0.2, -0.15) is 0 Å². The second kappa shape index (κ2) is 6.63. The topological polar surface area (TPSA) is 87.0 Å². The van der Waals surface area contributed by atoms with Crippen molar-refractivity contribution in [2.24, 2.45) is 0 Å². The lowest BCUT2D eigenvalue weighted by Crippen LogP contribution is -2.21. The molecule has 0 aliphatic heterocycles. The number of benzene rings is 1. The van der Waals surface area contributed by atoms with E-state index in [-0.39, 0.29) is 22.2 Å². The van der Waals surface area contributed by atoms with Crippen LogP contribution in [-0.4, -0.2) is 39.4 Å². The van der Waals surface area contributed by atoms with Gasteiger partial charge in [0.15, 0.2) is 5.12 Å². The van der Waals surface area contributed by atoms with Gasteiger partial charge in [-0.15, -0.1) is 0 Å². The summed E-state index contributed by atoms with van der Waals surface area (Å²) in [6.45, 7) is 1.38. The van der Waals surface area contributed by atoms with Crippen molar-refractivity contribution in [3.63, 3.8) is 0 Å². The Bertz CT molecular complexity index is 421. The molecule has 18 heavy (non-hydrogen) atoms. The van der Waals surface area contributed by atoms with E-state index in [1.165, 1.54) is 26.2 Å². The fraction of sp³-hybridized carbons (Fsp3) is 0.417. The van der Waals surface area contributed by atoms with Crippen LogP contribution in [0.3, 0.4) is 0 Å². The molecule has 0 saturated carbocycles. The fourth-order valence-corrected chi connectivity index (χ4v) is 1.99. The molecule has 0 aromatic heterocycles.